The van der Waals surface area contributed by atoms with Gasteiger partial charge in [0.15, 0.2) is 0 Å². The highest BCUT2D eigenvalue weighted by atomic mass is 35.5. The van der Waals surface area contributed by atoms with E-state index in [0.29, 0.717) is 23.8 Å². The van der Waals surface area contributed by atoms with Gasteiger partial charge in [0.25, 0.3) is 0 Å². The standard InChI is InChI=1S/C17H26ClNO3S/c1-4-23-13(3)9-14-10-16(20)15(17(21)11-14)8-12(2)19-22-7-5-6-18/h5-6,10,13-15,20H,4,7-9,11H2,1-3H3/b6-5?,19-12+. The largest absolute Gasteiger partial charge is 0.512 e. The van der Waals surface area contributed by atoms with Crippen molar-refractivity contribution in [3.05, 3.63) is 23.4 Å². The minimum atomic E-state index is -0.490. The van der Waals surface area contributed by atoms with Crippen LogP contribution in [-0.4, -0.2) is 34.2 Å². The highest BCUT2D eigenvalue weighted by molar-refractivity contribution is 7.99. The Morgan fingerprint density at radius 3 is 3.00 bits per heavy atom. The molecule has 3 atom stereocenters. The lowest BCUT2D eigenvalue weighted by molar-refractivity contribution is -0.123. The van der Waals surface area contributed by atoms with E-state index in [1.807, 2.05) is 17.8 Å². The zero-order valence-corrected chi connectivity index (χ0v) is 15.6. The van der Waals surface area contributed by atoms with E-state index in [0.717, 1.165) is 12.2 Å². The maximum Gasteiger partial charge on any atom is 0.144 e. The Morgan fingerprint density at radius 2 is 2.39 bits per heavy atom. The molecule has 0 aromatic carbocycles. The molecule has 0 fully saturated rings. The molecule has 0 saturated heterocycles. The lowest BCUT2D eigenvalue weighted by atomic mass is 9.81. The maximum absolute atomic E-state index is 12.3. The van der Waals surface area contributed by atoms with Crippen molar-refractivity contribution in [1.29, 1.82) is 0 Å². The van der Waals surface area contributed by atoms with E-state index in [9.17, 15) is 9.90 Å². The fourth-order valence-electron chi connectivity index (χ4n) is 2.69. The smallest absolute Gasteiger partial charge is 0.144 e. The quantitative estimate of drug-likeness (QED) is 0.368. The molecule has 6 heteroatoms. The maximum atomic E-state index is 12.3. The number of Topliss-reactive ketones (excluding diaryl/α,β-unsaturated/α-hetero) is 1. The Kier molecular flexibility index (Phi) is 9.41. The van der Waals surface area contributed by atoms with Crippen molar-refractivity contribution in [3.8, 4) is 0 Å². The van der Waals surface area contributed by atoms with Crippen LogP contribution < -0.4 is 0 Å². The van der Waals surface area contributed by atoms with Crippen molar-refractivity contribution in [1.82, 2.24) is 0 Å². The molecule has 4 nitrogen and oxygen atoms in total. The number of aliphatic hydroxyl groups excluding tert-OH is 1. The summed E-state index contributed by atoms with van der Waals surface area (Å²) in [6.07, 6.45) is 5.27. The number of hydrogen-bond donors (Lipinski definition) is 1. The topological polar surface area (TPSA) is 58.9 Å². The Morgan fingerprint density at radius 1 is 1.65 bits per heavy atom. The zero-order chi connectivity index (χ0) is 17.2. The number of allylic oxidation sites excluding steroid dienone is 2. The number of ketones is 1. The monoisotopic (exact) mass is 359 g/mol. The molecule has 1 aliphatic carbocycles. The summed E-state index contributed by atoms with van der Waals surface area (Å²) in [6.45, 7) is 6.37. The van der Waals surface area contributed by atoms with Crippen LogP contribution >= 0.6 is 23.4 Å². The van der Waals surface area contributed by atoms with Gasteiger partial charge >= 0.3 is 0 Å². The number of thioether (sulfide) groups is 1. The van der Waals surface area contributed by atoms with Crippen LogP contribution in [0.2, 0.25) is 0 Å². The van der Waals surface area contributed by atoms with Gasteiger partial charge in [0.05, 0.1) is 17.4 Å². The Labute approximate surface area is 148 Å². The normalized spacial score (nSPS) is 23.9. The number of aliphatic hydroxyl groups is 1. The van der Waals surface area contributed by atoms with Crippen LogP contribution in [0.3, 0.4) is 0 Å². The third-order valence-corrected chi connectivity index (χ3v) is 4.95. The molecule has 0 aromatic heterocycles. The van der Waals surface area contributed by atoms with Crippen molar-refractivity contribution in [2.45, 2.75) is 45.3 Å². The summed E-state index contributed by atoms with van der Waals surface area (Å²) in [4.78, 5) is 17.4. The highest BCUT2D eigenvalue weighted by Gasteiger charge is 2.31. The van der Waals surface area contributed by atoms with Crippen molar-refractivity contribution < 1.29 is 14.7 Å². The van der Waals surface area contributed by atoms with E-state index in [-0.39, 0.29) is 24.1 Å². The second-order valence-corrected chi connectivity index (χ2v) is 7.73. The van der Waals surface area contributed by atoms with Gasteiger partial charge in [-0.25, -0.2) is 0 Å². The van der Waals surface area contributed by atoms with Crippen LogP contribution in [0.15, 0.2) is 28.6 Å². The van der Waals surface area contributed by atoms with Gasteiger partial charge in [-0.1, -0.05) is 30.6 Å². The molecule has 0 amide bonds. The van der Waals surface area contributed by atoms with Gasteiger partial charge in [0.1, 0.15) is 12.4 Å². The summed E-state index contributed by atoms with van der Waals surface area (Å²) in [5.74, 6) is 0.967. The van der Waals surface area contributed by atoms with E-state index >= 15 is 0 Å². The molecule has 0 radical (unpaired) electrons. The second-order valence-electron chi connectivity index (χ2n) is 5.76. The minimum absolute atomic E-state index is 0.0823. The summed E-state index contributed by atoms with van der Waals surface area (Å²) >= 11 is 7.26. The van der Waals surface area contributed by atoms with Crippen LogP contribution in [0.1, 0.15) is 40.0 Å². The molecular weight excluding hydrogens is 334 g/mol. The van der Waals surface area contributed by atoms with Gasteiger partial charge < -0.3 is 9.94 Å². The number of hydrogen-bond acceptors (Lipinski definition) is 5. The first-order chi connectivity index (χ1) is 11.0. The van der Waals surface area contributed by atoms with Crippen LogP contribution in [0.25, 0.3) is 0 Å². The van der Waals surface area contributed by atoms with Crippen LogP contribution in [0.4, 0.5) is 0 Å². The number of nitrogens with zero attached hydrogens (tertiary/aromatic N) is 1. The lowest BCUT2D eigenvalue weighted by Crippen LogP contribution is -2.27. The Bertz CT molecular complexity index is 476. The molecule has 0 heterocycles. The third kappa shape index (κ3) is 7.44. The van der Waals surface area contributed by atoms with Gasteiger partial charge in [-0.2, -0.15) is 11.8 Å². The average molecular weight is 360 g/mol. The minimum Gasteiger partial charge on any atom is -0.512 e. The summed E-state index contributed by atoms with van der Waals surface area (Å²) in [6, 6.07) is 0. The van der Waals surface area contributed by atoms with E-state index in [2.05, 4.69) is 19.0 Å². The predicted octanol–water partition coefficient (Wildman–Crippen LogP) is 4.70. The number of halogens is 1. The fourth-order valence-corrected chi connectivity index (χ4v) is 3.72. The first-order valence-electron chi connectivity index (χ1n) is 7.93. The average Bonchev–Trinajstić information content (AvgIpc) is 2.47. The molecule has 0 aromatic rings. The molecule has 0 spiro atoms. The van der Waals surface area contributed by atoms with Crippen molar-refractivity contribution in [3.63, 3.8) is 0 Å². The molecule has 23 heavy (non-hydrogen) atoms. The Hall–Kier alpha value is -0.940. The van der Waals surface area contributed by atoms with Gasteiger partial charge in [0.2, 0.25) is 0 Å². The number of carbonyl (C=O) groups is 1. The van der Waals surface area contributed by atoms with Crippen LogP contribution in [0, 0.1) is 11.8 Å². The van der Waals surface area contributed by atoms with Crippen molar-refractivity contribution in [2.75, 3.05) is 12.4 Å². The van der Waals surface area contributed by atoms with E-state index < -0.39 is 5.92 Å². The zero-order valence-electron chi connectivity index (χ0n) is 14.0. The molecule has 1 aliphatic rings. The molecule has 0 saturated carbocycles. The first-order valence-corrected chi connectivity index (χ1v) is 9.42. The SMILES string of the molecule is CCSC(C)CC1C=C(O)C(C/C(C)=N/OCC=CCl)C(=O)C1. The molecule has 0 bridgehead atoms. The van der Waals surface area contributed by atoms with E-state index in [4.69, 9.17) is 16.4 Å². The van der Waals surface area contributed by atoms with Crippen LogP contribution in [-0.2, 0) is 9.63 Å². The number of oxime groups is 1. The van der Waals surface area contributed by atoms with Gasteiger partial charge in [-0.3, -0.25) is 4.79 Å². The lowest BCUT2D eigenvalue weighted by Gasteiger charge is -2.26. The second kappa shape index (κ2) is 10.8. The molecular formula is C17H26ClNO3S. The molecule has 1 rings (SSSR count). The fraction of sp³-hybridized carbons (Fsp3) is 0.647. The van der Waals surface area contributed by atoms with E-state index in [1.54, 1.807) is 13.0 Å². The van der Waals surface area contributed by atoms with E-state index in [1.165, 1.54) is 5.54 Å². The first kappa shape index (κ1) is 20.1. The molecule has 1 N–H and O–H groups in total. The predicted molar refractivity (Wildman–Crippen MR) is 98.2 cm³/mol. The highest BCUT2D eigenvalue weighted by Crippen LogP contribution is 2.31. The summed E-state index contributed by atoms with van der Waals surface area (Å²) in [5.41, 5.74) is 2.04. The summed E-state index contributed by atoms with van der Waals surface area (Å²) in [7, 11) is 0. The van der Waals surface area contributed by atoms with Crippen LogP contribution in [0.5, 0.6) is 0 Å². The van der Waals surface area contributed by atoms with Gasteiger partial charge in [-0.15, -0.1) is 0 Å². The Balaban J connectivity index is 2.59. The molecule has 3 unspecified atom stereocenters. The van der Waals surface area contributed by atoms with Gasteiger partial charge in [-0.05, 0) is 37.2 Å². The molecule has 0 aliphatic heterocycles. The van der Waals surface area contributed by atoms with Crippen molar-refractivity contribution >= 4 is 34.9 Å². The summed E-state index contributed by atoms with van der Waals surface area (Å²) < 4.78 is 0. The number of carbonyl (C=O) groups excluding carboxylic acids is 1. The van der Waals surface area contributed by atoms with Crippen molar-refractivity contribution in [2.24, 2.45) is 17.0 Å². The molecule has 130 valence electrons. The summed E-state index contributed by atoms with van der Waals surface area (Å²) in [5, 5.41) is 14.6. The van der Waals surface area contributed by atoms with Gasteiger partial charge in [0, 0.05) is 23.6 Å². The third-order valence-electron chi connectivity index (χ3n) is 3.68. The number of rotatable bonds is 9.